The Labute approximate surface area is 203 Å². The summed E-state index contributed by atoms with van der Waals surface area (Å²) in [7, 11) is -5.60. The zero-order valence-electron chi connectivity index (χ0n) is 18.9. The standard InChI is InChI=1S/C24H28ClF3N2O3S/c1-2-6-22(21-15-20(25)13-14-23(21)30-34(31,32)24(26,27)28)29-33-16-17-9-11-19(12-10-17)18-7-4-3-5-8-18/h9-15,18,30H,2-8,16H2,1H3. The van der Waals surface area contributed by atoms with Crippen molar-refractivity contribution in [3.05, 3.63) is 64.2 Å². The van der Waals surface area contributed by atoms with E-state index in [1.165, 1.54) is 55.9 Å². The number of hydrogen-bond donors (Lipinski definition) is 1. The van der Waals surface area contributed by atoms with Crippen LogP contribution in [0.15, 0.2) is 47.6 Å². The number of nitrogens with one attached hydrogen (secondary N) is 1. The molecule has 1 aliphatic rings. The fourth-order valence-corrected chi connectivity index (χ4v) is 4.78. The quantitative estimate of drug-likeness (QED) is 0.279. The second-order valence-electron chi connectivity index (χ2n) is 8.38. The van der Waals surface area contributed by atoms with Crippen molar-refractivity contribution in [3.63, 3.8) is 0 Å². The van der Waals surface area contributed by atoms with Crippen molar-refractivity contribution in [2.75, 3.05) is 4.72 Å². The van der Waals surface area contributed by atoms with Gasteiger partial charge in [-0.25, -0.2) is 0 Å². The van der Waals surface area contributed by atoms with Gasteiger partial charge >= 0.3 is 15.5 Å². The summed E-state index contributed by atoms with van der Waals surface area (Å²) < 4.78 is 63.5. The van der Waals surface area contributed by atoms with E-state index in [4.69, 9.17) is 16.4 Å². The Bertz CT molecular complexity index is 1100. The SMILES string of the molecule is CCCC(=NOCc1ccc(C2CCCCC2)cc1)c1cc(Cl)ccc1NS(=O)(=O)C(F)(F)F. The van der Waals surface area contributed by atoms with Crippen LogP contribution in [0.2, 0.25) is 5.02 Å². The maximum atomic E-state index is 12.9. The molecule has 1 N–H and O–H groups in total. The Kier molecular flexibility index (Phi) is 8.87. The molecule has 1 aliphatic carbocycles. The third-order valence-electron chi connectivity index (χ3n) is 5.79. The van der Waals surface area contributed by atoms with Crippen LogP contribution in [0.3, 0.4) is 0 Å². The Hall–Kier alpha value is -2.26. The van der Waals surface area contributed by atoms with Crippen LogP contribution < -0.4 is 4.72 Å². The predicted molar refractivity (Wildman–Crippen MR) is 129 cm³/mol. The molecule has 0 heterocycles. The molecule has 0 bridgehead atoms. The summed E-state index contributed by atoms with van der Waals surface area (Å²) >= 11 is 6.04. The van der Waals surface area contributed by atoms with E-state index in [2.05, 4.69) is 17.3 Å². The highest BCUT2D eigenvalue weighted by atomic mass is 35.5. The third-order valence-corrected chi connectivity index (χ3v) is 7.12. The molecule has 0 unspecified atom stereocenters. The third kappa shape index (κ3) is 6.88. The average Bonchev–Trinajstić information content (AvgIpc) is 2.80. The smallest absolute Gasteiger partial charge is 0.391 e. The molecule has 0 amide bonds. The summed E-state index contributed by atoms with van der Waals surface area (Å²) in [6, 6.07) is 12.0. The molecule has 0 atom stereocenters. The molecule has 2 aromatic carbocycles. The monoisotopic (exact) mass is 516 g/mol. The minimum absolute atomic E-state index is 0.134. The molecular formula is C24H28ClF3N2O3S. The van der Waals surface area contributed by atoms with E-state index in [-0.39, 0.29) is 22.9 Å². The normalized spacial score (nSPS) is 15.9. The number of oxime groups is 1. The summed E-state index contributed by atoms with van der Waals surface area (Å²) in [6.45, 7) is 2.03. The van der Waals surface area contributed by atoms with E-state index >= 15 is 0 Å². The zero-order valence-corrected chi connectivity index (χ0v) is 20.4. The molecule has 0 radical (unpaired) electrons. The molecule has 34 heavy (non-hydrogen) atoms. The topological polar surface area (TPSA) is 67.8 Å². The number of anilines is 1. The number of rotatable bonds is 9. The first kappa shape index (κ1) is 26.3. The van der Waals surface area contributed by atoms with Gasteiger partial charge in [-0.3, -0.25) is 4.72 Å². The number of alkyl halides is 3. The largest absolute Gasteiger partial charge is 0.516 e. The first-order valence-corrected chi connectivity index (χ1v) is 13.1. The van der Waals surface area contributed by atoms with Crippen LogP contribution in [0.25, 0.3) is 0 Å². The molecule has 0 saturated heterocycles. The van der Waals surface area contributed by atoms with E-state index in [0.29, 0.717) is 24.5 Å². The lowest BCUT2D eigenvalue weighted by molar-refractivity contribution is -0.0429. The molecule has 186 valence electrons. The minimum atomic E-state index is -5.60. The number of hydrogen-bond acceptors (Lipinski definition) is 4. The second-order valence-corrected chi connectivity index (χ2v) is 10.5. The highest BCUT2D eigenvalue weighted by molar-refractivity contribution is 7.93. The first-order valence-electron chi connectivity index (χ1n) is 11.3. The number of nitrogens with zero attached hydrogens (tertiary/aromatic N) is 1. The molecule has 1 saturated carbocycles. The summed E-state index contributed by atoms with van der Waals surface area (Å²) in [4.78, 5) is 5.51. The maximum absolute atomic E-state index is 12.9. The van der Waals surface area contributed by atoms with Crippen molar-refractivity contribution >= 4 is 33.0 Å². The predicted octanol–water partition coefficient (Wildman–Crippen LogP) is 7.37. The Morgan fingerprint density at radius 3 is 2.41 bits per heavy atom. The van der Waals surface area contributed by atoms with Gasteiger partial charge in [0, 0.05) is 10.6 Å². The summed E-state index contributed by atoms with van der Waals surface area (Å²) in [5.41, 5.74) is -3.07. The number of benzene rings is 2. The lowest BCUT2D eigenvalue weighted by Crippen LogP contribution is -2.30. The van der Waals surface area contributed by atoms with E-state index in [1.54, 1.807) is 4.72 Å². The van der Waals surface area contributed by atoms with Gasteiger partial charge in [-0.15, -0.1) is 0 Å². The van der Waals surface area contributed by atoms with Crippen molar-refractivity contribution in [1.29, 1.82) is 0 Å². The fraction of sp³-hybridized carbons (Fsp3) is 0.458. The second kappa shape index (κ2) is 11.4. The fourth-order valence-electron chi connectivity index (χ4n) is 4.02. The highest BCUT2D eigenvalue weighted by Crippen LogP contribution is 2.33. The Morgan fingerprint density at radius 1 is 1.12 bits per heavy atom. The minimum Gasteiger partial charge on any atom is -0.391 e. The van der Waals surface area contributed by atoms with Gasteiger partial charge in [-0.1, -0.05) is 73.6 Å². The van der Waals surface area contributed by atoms with Gasteiger partial charge in [-0.2, -0.15) is 21.6 Å². The van der Waals surface area contributed by atoms with Gasteiger partial charge in [0.15, 0.2) is 0 Å². The van der Waals surface area contributed by atoms with Gasteiger partial charge in [0.25, 0.3) is 0 Å². The zero-order chi connectivity index (χ0) is 24.8. The van der Waals surface area contributed by atoms with Crippen molar-refractivity contribution in [3.8, 4) is 0 Å². The van der Waals surface area contributed by atoms with Crippen LogP contribution in [0, 0.1) is 0 Å². The van der Waals surface area contributed by atoms with Crippen LogP contribution in [-0.2, 0) is 21.5 Å². The van der Waals surface area contributed by atoms with Crippen molar-refractivity contribution in [2.45, 2.75) is 69.9 Å². The van der Waals surface area contributed by atoms with E-state index in [0.717, 1.165) is 5.56 Å². The molecule has 2 aromatic rings. The molecule has 0 spiro atoms. The molecular weight excluding hydrogens is 489 g/mol. The number of halogens is 4. The van der Waals surface area contributed by atoms with Gasteiger partial charge in [0.2, 0.25) is 0 Å². The van der Waals surface area contributed by atoms with E-state index in [9.17, 15) is 21.6 Å². The van der Waals surface area contributed by atoms with Crippen molar-refractivity contribution < 1.29 is 26.4 Å². The van der Waals surface area contributed by atoms with Gasteiger partial charge in [0.05, 0.1) is 11.4 Å². The van der Waals surface area contributed by atoms with Crippen molar-refractivity contribution in [2.24, 2.45) is 5.16 Å². The van der Waals surface area contributed by atoms with Gasteiger partial charge in [-0.05, 0) is 54.5 Å². The molecule has 3 rings (SSSR count). The van der Waals surface area contributed by atoms with Gasteiger partial charge < -0.3 is 4.84 Å². The van der Waals surface area contributed by atoms with Crippen molar-refractivity contribution in [1.82, 2.24) is 0 Å². The molecule has 0 aliphatic heterocycles. The molecule has 1 fully saturated rings. The lowest BCUT2D eigenvalue weighted by Gasteiger charge is -2.22. The van der Waals surface area contributed by atoms with Crippen LogP contribution in [0.4, 0.5) is 18.9 Å². The van der Waals surface area contributed by atoms with Crippen LogP contribution >= 0.6 is 11.6 Å². The van der Waals surface area contributed by atoms with Crippen LogP contribution in [0.1, 0.15) is 74.5 Å². The average molecular weight is 517 g/mol. The van der Waals surface area contributed by atoms with Crippen LogP contribution in [-0.4, -0.2) is 19.6 Å². The Balaban J connectivity index is 1.76. The molecule has 10 heteroatoms. The van der Waals surface area contributed by atoms with E-state index < -0.39 is 15.5 Å². The van der Waals surface area contributed by atoms with E-state index in [1.807, 2.05) is 19.1 Å². The highest BCUT2D eigenvalue weighted by Gasteiger charge is 2.46. The molecule has 0 aromatic heterocycles. The summed E-state index contributed by atoms with van der Waals surface area (Å²) in [5, 5.41) is 4.36. The summed E-state index contributed by atoms with van der Waals surface area (Å²) in [5.74, 6) is 0.597. The van der Waals surface area contributed by atoms with Crippen LogP contribution in [0.5, 0.6) is 0 Å². The molecule has 5 nitrogen and oxygen atoms in total. The van der Waals surface area contributed by atoms with Gasteiger partial charge in [0.1, 0.15) is 6.61 Å². The summed E-state index contributed by atoms with van der Waals surface area (Å²) in [6.07, 6.45) is 7.19. The number of sulfonamides is 1. The lowest BCUT2D eigenvalue weighted by atomic mass is 9.84. The first-order chi connectivity index (χ1) is 16.1. The Morgan fingerprint density at radius 2 is 1.79 bits per heavy atom. The maximum Gasteiger partial charge on any atom is 0.516 e.